The summed E-state index contributed by atoms with van der Waals surface area (Å²) >= 11 is 0. The van der Waals surface area contributed by atoms with Gasteiger partial charge in [-0.25, -0.2) is 0 Å². The lowest BCUT2D eigenvalue weighted by Gasteiger charge is -2.35. The van der Waals surface area contributed by atoms with Crippen LogP contribution in [0.2, 0.25) is 0 Å². The van der Waals surface area contributed by atoms with Crippen LogP contribution in [0.5, 0.6) is 11.5 Å². The first-order valence-corrected chi connectivity index (χ1v) is 9.06. The molecule has 1 fully saturated rings. The van der Waals surface area contributed by atoms with Gasteiger partial charge >= 0.3 is 6.18 Å². The number of nitrogens with zero attached hydrogens (tertiary/aromatic N) is 1. The Labute approximate surface area is 173 Å². The largest absolute Gasteiger partial charge is 0.457 e. The molecule has 9 heteroatoms. The van der Waals surface area contributed by atoms with Gasteiger partial charge in [0.05, 0.1) is 0 Å². The first kappa shape index (κ1) is 23.0. The second-order valence-electron chi connectivity index (χ2n) is 6.49. The number of amides is 1. The first-order chi connectivity index (χ1) is 13.4. The number of alkyl halides is 3. The van der Waals surface area contributed by atoms with E-state index < -0.39 is 24.7 Å². The summed E-state index contributed by atoms with van der Waals surface area (Å²) in [4.78, 5) is 13.6. The molecule has 0 aliphatic carbocycles. The topological polar surface area (TPSA) is 53.6 Å². The quantitative estimate of drug-likeness (QED) is 0.738. The van der Waals surface area contributed by atoms with E-state index in [1.54, 1.807) is 24.3 Å². The molecule has 2 aromatic carbocycles. The Morgan fingerprint density at radius 3 is 2.21 bits per heavy atom. The zero-order chi connectivity index (χ0) is 20.0. The monoisotopic (exact) mass is 429 g/mol. The van der Waals surface area contributed by atoms with E-state index in [0.717, 1.165) is 0 Å². The average Bonchev–Trinajstić information content (AvgIpc) is 2.69. The molecular weight excluding hydrogens is 407 g/mol. The molecule has 1 saturated heterocycles. The van der Waals surface area contributed by atoms with Crippen LogP contribution >= 0.6 is 12.4 Å². The van der Waals surface area contributed by atoms with E-state index in [1.807, 2.05) is 18.2 Å². The van der Waals surface area contributed by atoms with E-state index >= 15 is 0 Å². The number of hydrogen-bond acceptors (Lipinski definition) is 4. The van der Waals surface area contributed by atoms with E-state index in [1.165, 1.54) is 17.0 Å². The average molecular weight is 430 g/mol. The highest BCUT2D eigenvalue weighted by Gasteiger charge is 2.43. The number of benzene rings is 2. The van der Waals surface area contributed by atoms with Gasteiger partial charge in [-0.3, -0.25) is 9.69 Å². The summed E-state index contributed by atoms with van der Waals surface area (Å²) in [6, 6.07) is 13.7. The molecule has 3 rings (SSSR count). The van der Waals surface area contributed by atoms with Gasteiger partial charge in [-0.15, -0.1) is 12.4 Å². The highest BCUT2D eigenvalue weighted by Crippen LogP contribution is 2.25. The number of ether oxygens (including phenoxy) is 1. The summed E-state index contributed by atoms with van der Waals surface area (Å²) in [6.45, 7) is 1.12. The van der Waals surface area contributed by atoms with Crippen molar-refractivity contribution in [2.45, 2.75) is 12.2 Å². The molecule has 2 aromatic rings. The fourth-order valence-electron chi connectivity index (χ4n) is 3.04. The molecule has 0 aromatic heterocycles. The van der Waals surface area contributed by atoms with E-state index in [9.17, 15) is 18.0 Å². The molecule has 1 amide bonds. The van der Waals surface area contributed by atoms with Gasteiger partial charge < -0.3 is 15.4 Å². The second kappa shape index (κ2) is 10.5. The van der Waals surface area contributed by atoms with Gasteiger partial charge in [-0.05, 0) is 36.4 Å². The molecule has 2 N–H and O–H groups in total. The highest BCUT2D eigenvalue weighted by molar-refractivity contribution is 5.94. The number of nitrogens with one attached hydrogen (secondary N) is 2. The van der Waals surface area contributed by atoms with E-state index in [2.05, 4.69) is 10.6 Å². The van der Waals surface area contributed by atoms with Crippen molar-refractivity contribution >= 4 is 18.3 Å². The predicted molar refractivity (Wildman–Crippen MR) is 107 cm³/mol. The molecule has 0 radical (unpaired) electrons. The van der Waals surface area contributed by atoms with Crippen LogP contribution in [0.15, 0.2) is 54.6 Å². The fraction of sp³-hybridized carbons (Fsp3) is 0.350. The van der Waals surface area contributed by atoms with Crippen LogP contribution in [0, 0.1) is 0 Å². The number of para-hydroxylation sites is 1. The Balaban J connectivity index is 0.00000300. The van der Waals surface area contributed by atoms with Crippen LogP contribution in [0.4, 0.5) is 13.2 Å². The lowest BCUT2D eigenvalue weighted by molar-refractivity contribution is -0.183. The van der Waals surface area contributed by atoms with Crippen molar-refractivity contribution in [3.05, 3.63) is 60.2 Å². The van der Waals surface area contributed by atoms with E-state index in [4.69, 9.17) is 4.74 Å². The van der Waals surface area contributed by atoms with Crippen LogP contribution in [-0.2, 0) is 0 Å². The van der Waals surface area contributed by atoms with E-state index in [-0.39, 0.29) is 18.0 Å². The lowest BCUT2D eigenvalue weighted by Crippen LogP contribution is -2.57. The molecule has 158 valence electrons. The van der Waals surface area contributed by atoms with Gasteiger partial charge in [0.2, 0.25) is 0 Å². The summed E-state index contributed by atoms with van der Waals surface area (Å²) in [7, 11) is 0. The summed E-state index contributed by atoms with van der Waals surface area (Å²) in [5.41, 5.74) is 0.279. The van der Waals surface area contributed by atoms with Gasteiger partial charge in [0.25, 0.3) is 5.91 Å². The molecule has 29 heavy (non-hydrogen) atoms. The second-order valence-corrected chi connectivity index (χ2v) is 6.49. The Bertz CT molecular complexity index is 767. The van der Waals surface area contributed by atoms with Crippen LogP contribution in [0.25, 0.3) is 0 Å². The summed E-state index contributed by atoms with van der Waals surface area (Å²) in [5.74, 6) is 0.649. The van der Waals surface area contributed by atoms with Gasteiger partial charge in [0, 0.05) is 38.3 Å². The van der Waals surface area contributed by atoms with Crippen molar-refractivity contribution in [2.75, 3.05) is 32.7 Å². The number of carbonyl (C=O) groups is 1. The van der Waals surface area contributed by atoms with Crippen molar-refractivity contribution in [1.82, 2.24) is 15.5 Å². The molecular formula is C20H23ClF3N3O2. The van der Waals surface area contributed by atoms with Gasteiger partial charge in [-0.1, -0.05) is 18.2 Å². The smallest absolute Gasteiger partial charge is 0.405 e. The minimum Gasteiger partial charge on any atom is -0.457 e. The summed E-state index contributed by atoms with van der Waals surface area (Å²) < 4.78 is 45.8. The van der Waals surface area contributed by atoms with Crippen molar-refractivity contribution in [1.29, 1.82) is 0 Å². The molecule has 0 saturated carbocycles. The van der Waals surface area contributed by atoms with Crippen LogP contribution in [-0.4, -0.2) is 55.7 Å². The van der Waals surface area contributed by atoms with Crippen molar-refractivity contribution in [2.24, 2.45) is 0 Å². The number of rotatable bonds is 6. The van der Waals surface area contributed by atoms with Gasteiger partial charge in [-0.2, -0.15) is 13.2 Å². The maximum atomic E-state index is 13.4. The van der Waals surface area contributed by atoms with Crippen molar-refractivity contribution in [3.8, 4) is 11.5 Å². The van der Waals surface area contributed by atoms with Crippen LogP contribution in [0.1, 0.15) is 10.4 Å². The van der Waals surface area contributed by atoms with Gasteiger partial charge in [0.1, 0.15) is 17.5 Å². The van der Waals surface area contributed by atoms with Crippen molar-refractivity contribution < 1.29 is 22.7 Å². The Kier molecular flexibility index (Phi) is 8.31. The Morgan fingerprint density at radius 1 is 1.03 bits per heavy atom. The van der Waals surface area contributed by atoms with Gasteiger partial charge in [0.15, 0.2) is 0 Å². The summed E-state index contributed by atoms with van der Waals surface area (Å²) in [5, 5.41) is 5.44. The number of carbonyl (C=O) groups excluding carboxylic acids is 1. The SMILES string of the molecule is Cl.O=C(NCC(N1CCNCC1)C(F)(F)F)c1ccc(Oc2ccccc2)cc1. The van der Waals surface area contributed by atoms with Crippen LogP contribution < -0.4 is 15.4 Å². The number of hydrogen-bond donors (Lipinski definition) is 2. The molecule has 0 spiro atoms. The molecule has 1 aliphatic heterocycles. The maximum Gasteiger partial charge on any atom is 0.405 e. The summed E-state index contributed by atoms with van der Waals surface area (Å²) in [6.07, 6.45) is -4.40. The highest BCUT2D eigenvalue weighted by atomic mass is 35.5. The minimum atomic E-state index is -4.40. The molecule has 0 bridgehead atoms. The van der Waals surface area contributed by atoms with Crippen molar-refractivity contribution in [3.63, 3.8) is 0 Å². The maximum absolute atomic E-state index is 13.4. The Hall–Kier alpha value is -2.29. The molecule has 1 aliphatic rings. The third kappa shape index (κ3) is 6.62. The fourth-order valence-corrected chi connectivity index (χ4v) is 3.04. The minimum absolute atomic E-state index is 0. The molecule has 1 atom stereocenters. The molecule has 5 nitrogen and oxygen atoms in total. The predicted octanol–water partition coefficient (Wildman–Crippen LogP) is 3.47. The zero-order valence-corrected chi connectivity index (χ0v) is 16.4. The van der Waals surface area contributed by atoms with Crippen LogP contribution in [0.3, 0.4) is 0 Å². The lowest BCUT2D eigenvalue weighted by atomic mass is 10.1. The molecule has 1 unspecified atom stereocenters. The molecule has 1 heterocycles. The third-order valence-electron chi connectivity index (χ3n) is 4.52. The third-order valence-corrected chi connectivity index (χ3v) is 4.52. The Morgan fingerprint density at radius 2 is 1.62 bits per heavy atom. The van der Waals surface area contributed by atoms with E-state index in [0.29, 0.717) is 37.7 Å². The standard InChI is InChI=1S/C20H22F3N3O2.ClH/c21-20(22,23)18(26-12-10-24-11-13-26)14-25-19(27)15-6-8-17(9-7-15)28-16-4-2-1-3-5-16;/h1-9,18,24H,10-14H2,(H,25,27);1H. The first-order valence-electron chi connectivity index (χ1n) is 9.06. The number of halogens is 4. The normalized spacial score (nSPS) is 15.8. The zero-order valence-electron chi connectivity index (χ0n) is 15.6. The number of piperazine rings is 1.